The molecule has 0 unspecified atom stereocenters. The Kier molecular flexibility index (Phi) is 5.00. The number of amides is 1. The van der Waals surface area contributed by atoms with Crippen LogP contribution < -0.4 is 10.7 Å². The molecule has 1 heterocycles. The monoisotopic (exact) mass is 393 g/mol. The molecule has 27 heavy (non-hydrogen) atoms. The second kappa shape index (κ2) is 7.24. The van der Waals surface area contributed by atoms with E-state index in [1.54, 1.807) is 24.3 Å². The Morgan fingerprint density at radius 2 is 1.70 bits per heavy atom. The van der Waals surface area contributed by atoms with Gasteiger partial charge in [0.2, 0.25) is 5.43 Å². The van der Waals surface area contributed by atoms with Gasteiger partial charge < -0.3 is 5.32 Å². The van der Waals surface area contributed by atoms with Crippen molar-refractivity contribution in [1.82, 2.24) is 9.78 Å². The summed E-state index contributed by atoms with van der Waals surface area (Å²) in [6.45, 7) is 0. The third-order valence-electron chi connectivity index (χ3n) is 3.60. The molecule has 9 heteroatoms. The minimum atomic E-state index is -4.66. The highest BCUT2D eigenvalue weighted by atomic mass is 35.5. The molecule has 1 aromatic heterocycles. The molecule has 0 saturated heterocycles. The molecule has 0 bridgehead atoms. The van der Waals surface area contributed by atoms with E-state index in [1.165, 1.54) is 23.0 Å². The standard InChI is InChI=1S/C18H11ClF3N3O2/c19-11-5-7-12(8-6-11)25-10-9-15(26)16(24-25)17(27)23-14-4-2-1-3-13(14)18(20,21)22/h1-10H,(H,23,27). The number of nitrogens with one attached hydrogen (secondary N) is 1. The Morgan fingerprint density at radius 3 is 2.37 bits per heavy atom. The van der Waals surface area contributed by atoms with Crippen LogP contribution >= 0.6 is 11.6 Å². The van der Waals surface area contributed by atoms with E-state index in [9.17, 15) is 22.8 Å². The van der Waals surface area contributed by atoms with Crippen LogP contribution in [0.1, 0.15) is 16.1 Å². The van der Waals surface area contributed by atoms with E-state index < -0.39 is 34.5 Å². The Bertz CT molecular complexity index is 1050. The zero-order valence-corrected chi connectivity index (χ0v) is 14.3. The molecule has 0 saturated carbocycles. The fourth-order valence-electron chi connectivity index (χ4n) is 2.32. The highest BCUT2D eigenvalue weighted by molar-refractivity contribution is 6.30. The van der Waals surface area contributed by atoms with Gasteiger partial charge in [-0.15, -0.1) is 0 Å². The maximum absolute atomic E-state index is 13.1. The molecule has 0 atom stereocenters. The Labute approximate surface area is 156 Å². The van der Waals surface area contributed by atoms with Crippen LogP contribution in [0, 0.1) is 0 Å². The Morgan fingerprint density at radius 1 is 1.04 bits per heavy atom. The highest BCUT2D eigenvalue weighted by Gasteiger charge is 2.33. The van der Waals surface area contributed by atoms with Crippen molar-refractivity contribution in [3.63, 3.8) is 0 Å². The van der Waals surface area contributed by atoms with Crippen molar-refractivity contribution in [2.24, 2.45) is 0 Å². The third kappa shape index (κ3) is 4.17. The maximum atomic E-state index is 13.1. The lowest BCUT2D eigenvalue weighted by Gasteiger charge is -2.13. The van der Waals surface area contributed by atoms with Gasteiger partial charge in [-0.3, -0.25) is 9.59 Å². The first-order valence-electron chi connectivity index (χ1n) is 7.59. The number of halogens is 4. The van der Waals surface area contributed by atoms with E-state index in [1.807, 2.05) is 0 Å². The lowest BCUT2D eigenvalue weighted by molar-refractivity contribution is -0.136. The smallest absolute Gasteiger partial charge is 0.320 e. The largest absolute Gasteiger partial charge is 0.418 e. The van der Waals surface area contributed by atoms with E-state index in [2.05, 4.69) is 10.4 Å². The average molecular weight is 394 g/mol. The molecular formula is C18H11ClF3N3O2. The van der Waals surface area contributed by atoms with Crippen LogP contribution in [0.4, 0.5) is 18.9 Å². The minimum Gasteiger partial charge on any atom is -0.320 e. The van der Waals surface area contributed by atoms with Gasteiger partial charge in [0.25, 0.3) is 5.91 Å². The van der Waals surface area contributed by atoms with Gasteiger partial charge in [0, 0.05) is 17.3 Å². The van der Waals surface area contributed by atoms with Crippen molar-refractivity contribution in [2.75, 3.05) is 5.32 Å². The zero-order chi connectivity index (χ0) is 19.6. The molecule has 3 aromatic rings. The van der Waals surface area contributed by atoms with Gasteiger partial charge in [0.15, 0.2) is 5.69 Å². The second-order valence-electron chi connectivity index (χ2n) is 5.45. The summed E-state index contributed by atoms with van der Waals surface area (Å²) >= 11 is 5.81. The molecule has 1 amide bonds. The van der Waals surface area contributed by atoms with Gasteiger partial charge in [0.05, 0.1) is 16.9 Å². The number of para-hydroxylation sites is 1. The molecule has 0 aliphatic carbocycles. The van der Waals surface area contributed by atoms with Gasteiger partial charge in [-0.1, -0.05) is 23.7 Å². The molecular weight excluding hydrogens is 383 g/mol. The van der Waals surface area contributed by atoms with E-state index in [-0.39, 0.29) is 0 Å². The van der Waals surface area contributed by atoms with Crippen LogP contribution in [0.3, 0.4) is 0 Å². The molecule has 0 fully saturated rings. The van der Waals surface area contributed by atoms with Crippen LogP contribution in [0.15, 0.2) is 65.6 Å². The summed E-state index contributed by atoms with van der Waals surface area (Å²) in [7, 11) is 0. The predicted molar refractivity (Wildman–Crippen MR) is 94.2 cm³/mol. The summed E-state index contributed by atoms with van der Waals surface area (Å²) in [5.74, 6) is -1.04. The van der Waals surface area contributed by atoms with E-state index >= 15 is 0 Å². The molecule has 138 valence electrons. The molecule has 2 aromatic carbocycles. The average Bonchev–Trinajstić information content (AvgIpc) is 2.62. The van der Waals surface area contributed by atoms with Crippen LogP contribution in [-0.4, -0.2) is 15.7 Å². The quantitative estimate of drug-likeness (QED) is 0.726. The summed E-state index contributed by atoms with van der Waals surface area (Å²) < 4.78 is 40.4. The second-order valence-corrected chi connectivity index (χ2v) is 5.88. The number of alkyl halides is 3. The number of hydrogen-bond acceptors (Lipinski definition) is 3. The van der Waals surface area contributed by atoms with Gasteiger partial charge in [0.1, 0.15) is 0 Å². The number of aromatic nitrogens is 2. The first-order chi connectivity index (χ1) is 12.8. The van der Waals surface area contributed by atoms with Crippen molar-refractivity contribution >= 4 is 23.2 Å². The lowest BCUT2D eigenvalue weighted by atomic mass is 10.1. The van der Waals surface area contributed by atoms with Crippen LogP contribution in [0.5, 0.6) is 0 Å². The van der Waals surface area contributed by atoms with E-state index in [4.69, 9.17) is 11.6 Å². The van der Waals surface area contributed by atoms with Crippen LogP contribution in [-0.2, 0) is 6.18 Å². The fourth-order valence-corrected chi connectivity index (χ4v) is 2.45. The normalized spacial score (nSPS) is 11.3. The van der Waals surface area contributed by atoms with Gasteiger partial charge >= 0.3 is 6.18 Å². The number of carbonyl (C=O) groups excluding carboxylic acids is 1. The highest BCUT2D eigenvalue weighted by Crippen LogP contribution is 2.34. The molecule has 1 N–H and O–H groups in total. The number of hydrogen-bond donors (Lipinski definition) is 1. The summed E-state index contributed by atoms with van der Waals surface area (Å²) in [4.78, 5) is 24.4. The molecule has 0 spiro atoms. The molecule has 3 rings (SSSR count). The number of benzene rings is 2. The summed E-state index contributed by atoms with van der Waals surface area (Å²) in [6.07, 6.45) is -3.32. The number of carbonyl (C=O) groups is 1. The summed E-state index contributed by atoms with van der Waals surface area (Å²) in [5, 5.41) is 6.52. The van der Waals surface area contributed by atoms with Gasteiger partial charge in [-0.2, -0.15) is 18.3 Å². The van der Waals surface area contributed by atoms with Gasteiger partial charge in [-0.05, 0) is 36.4 Å². The van der Waals surface area contributed by atoms with Crippen molar-refractivity contribution in [3.05, 3.63) is 87.3 Å². The van der Waals surface area contributed by atoms with Crippen molar-refractivity contribution < 1.29 is 18.0 Å². The number of nitrogens with zero attached hydrogens (tertiary/aromatic N) is 2. The molecule has 0 aliphatic heterocycles. The lowest BCUT2D eigenvalue weighted by Crippen LogP contribution is -2.26. The number of rotatable bonds is 3. The molecule has 0 aliphatic rings. The minimum absolute atomic E-state index is 0.460. The molecule has 0 radical (unpaired) electrons. The first kappa shape index (κ1) is 18.7. The topological polar surface area (TPSA) is 64.0 Å². The van der Waals surface area contributed by atoms with Crippen LogP contribution in [0.2, 0.25) is 5.02 Å². The summed E-state index contributed by atoms with van der Waals surface area (Å²) in [6, 6.07) is 12.0. The van der Waals surface area contributed by atoms with Gasteiger partial charge in [-0.25, -0.2) is 4.68 Å². The number of anilines is 1. The fraction of sp³-hybridized carbons (Fsp3) is 0.0556. The van der Waals surface area contributed by atoms with Crippen LogP contribution in [0.25, 0.3) is 5.69 Å². The van der Waals surface area contributed by atoms with Crippen molar-refractivity contribution in [1.29, 1.82) is 0 Å². The summed E-state index contributed by atoms with van der Waals surface area (Å²) in [5.41, 5.74) is -2.22. The third-order valence-corrected chi connectivity index (χ3v) is 3.85. The SMILES string of the molecule is O=C(Nc1ccccc1C(F)(F)F)c1nn(-c2ccc(Cl)cc2)ccc1=O. The van der Waals surface area contributed by atoms with E-state index in [0.717, 1.165) is 18.2 Å². The first-order valence-corrected chi connectivity index (χ1v) is 7.97. The maximum Gasteiger partial charge on any atom is 0.418 e. The van der Waals surface area contributed by atoms with E-state index in [0.29, 0.717) is 10.7 Å². The Hall–Kier alpha value is -3.13. The van der Waals surface area contributed by atoms with Crippen molar-refractivity contribution in [2.45, 2.75) is 6.18 Å². The van der Waals surface area contributed by atoms with Crippen molar-refractivity contribution in [3.8, 4) is 5.69 Å². The zero-order valence-electron chi connectivity index (χ0n) is 13.5. The predicted octanol–water partition coefficient (Wildman–Crippen LogP) is 4.16. The molecule has 5 nitrogen and oxygen atoms in total. The Balaban J connectivity index is 1.95.